The zero-order valence-electron chi connectivity index (χ0n) is 8.82. The lowest BCUT2D eigenvalue weighted by Crippen LogP contribution is -2.25. The summed E-state index contributed by atoms with van der Waals surface area (Å²) < 4.78 is 26.8. The lowest BCUT2D eigenvalue weighted by molar-refractivity contribution is 0.577. The summed E-state index contributed by atoms with van der Waals surface area (Å²) in [5.74, 6) is 0. The third-order valence-corrected chi connectivity index (χ3v) is 3.98. The molecule has 0 heterocycles. The van der Waals surface area contributed by atoms with Gasteiger partial charge in [-0.3, -0.25) is 0 Å². The van der Waals surface area contributed by atoms with E-state index in [-0.39, 0.29) is 4.90 Å². The van der Waals surface area contributed by atoms with Crippen LogP contribution >= 0.6 is 15.9 Å². The molecule has 4 nitrogen and oxygen atoms in total. The fourth-order valence-corrected chi connectivity index (χ4v) is 2.86. The Kier molecular flexibility index (Phi) is 5.40. The van der Waals surface area contributed by atoms with Gasteiger partial charge in [-0.15, -0.1) is 0 Å². The molecule has 1 aromatic carbocycles. The summed E-state index contributed by atoms with van der Waals surface area (Å²) in [5, 5.41) is 0. The second kappa shape index (κ2) is 6.34. The van der Waals surface area contributed by atoms with Gasteiger partial charge in [0.25, 0.3) is 0 Å². The molecule has 0 unspecified atom stereocenters. The first-order valence-corrected chi connectivity index (χ1v) is 7.29. The van der Waals surface area contributed by atoms with E-state index in [4.69, 9.17) is 5.73 Å². The van der Waals surface area contributed by atoms with Crippen molar-refractivity contribution in [3.8, 4) is 0 Å². The van der Waals surface area contributed by atoms with E-state index in [9.17, 15) is 8.42 Å². The number of hydrogen-bond acceptors (Lipinski definition) is 3. The van der Waals surface area contributed by atoms with E-state index in [0.29, 0.717) is 13.1 Å². The maximum atomic E-state index is 11.8. The summed E-state index contributed by atoms with van der Waals surface area (Å²) in [7, 11) is -3.38. The highest BCUT2D eigenvalue weighted by Gasteiger charge is 2.12. The van der Waals surface area contributed by atoms with Gasteiger partial charge in [-0.1, -0.05) is 22.0 Å². The Hall–Kier alpha value is -0.430. The SMILES string of the molecule is NCCCCNS(=O)(=O)c1cccc(Br)c1. The van der Waals surface area contributed by atoms with Crippen molar-refractivity contribution in [2.24, 2.45) is 5.73 Å². The monoisotopic (exact) mass is 306 g/mol. The molecule has 90 valence electrons. The lowest BCUT2D eigenvalue weighted by Gasteiger charge is -2.06. The number of rotatable bonds is 6. The number of halogens is 1. The minimum absolute atomic E-state index is 0.273. The normalized spacial score (nSPS) is 11.6. The standard InChI is InChI=1S/C10H15BrN2O2S/c11-9-4-3-5-10(8-9)16(14,15)13-7-2-1-6-12/h3-5,8,13H,1-2,6-7,12H2. The largest absolute Gasteiger partial charge is 0.330 e. The number of benzene rings is 1. The van der Waals surface area contributed by atoms with Crippen LogP contribution in [0.25, 0.3) is 0 Å². The molecule has 0 amide bonds. The van der Waals surface area contributed by atoms with E-state index < -0.39 is 10.0 Å². The Bertz CT molecular complexity index is 434. The summed E-state index contributed by atoms with van der Waals surface area (Å²) in [4.78, 5) is 0.273. The first kappa shape index (κ1) is 13.6. The molecule has 1 aromatic rings. The number of sulfonamides is 1. The van der Waals surface area contributed by atoms with Gasteiger partial charge in [0.05, 0.1) is 4.90 Å². The number of nitrogens with one attached hydrogen (secondary N) is 1. The van der Waals surface area contributed by atoms with Crippen LogP contribution in [0.2, 0.25) is 0 Å². The molecule has 0 saturated carbocycles. The molecule has 3 N–H and O–H groups in total. The molecule has 0 aliphatic carbocycles. The molecule has 0 radical (unpaired) electrons. The highest BCUT2D eigenvalue weighted by Crippen LogP contribution is 2.15. The summed E-state index contributed by atoms with van der Waals surface area (Å²) in [6.07, 6.45) is 1.57. The Morgan fingerprint density at radius 1 is 1.31 bits per heavy atom. The molecule has 0 spiro atoms. The third-order valence-electron chi connectivity index (χ3n) is 2.03. The van der Waals surface area contributed by atoms with Gasteiger partial charge >= 0.3 is 0 Å². The van der Waals surface area contributed by atoms with Crippen molar-refractivity contribution in [1.29, 1.82) is 0 Å². The zero-order valence-corrected chi connectivity index (χ0v) is 11.2. The summed E-state index contributed by atoms with van der Waals surface area (Å²) in [6, 6.07) is 6.62. The van der Waals surface area contributed by atoms with E-state index >= 15 is 0 Å². The zero-order chi connectivity index (χ0) is 12.0. The second-order valence-corrected chi connectivity index (χ2v) is 6.03. The van der Waals surface area contributed by atoms with Gasteiger partial charge in [-0.2, -0.15) is 0 Å². The van der Waals surface area contributed by atoms with Gasteiger partial charge in [-0.25, -0.2) is 13.1 Å². The molecule has 0 saturated heterocycles. The summed E-state index contributed by atoms with van der Waals surface area (Å²) in [5.41, 5.74) is 5.33. The van der Waals surface area contributed by atoms with Crippen molar-refractivity contribution in [1.82, 2.24) is 4.72 Å². The number of nitrogens with two attached hydrogens (primary N) is 1. The predicted octanol–water partition coefficient (Wildman–Crippen LogP) is 1.47. The maximum absolute atomic E-state index is 11.8. The Morgan fingerprint density at radius 3 is 2.69 bits per heavy atom. The van der Waals surface area contributed by atoms with Gasteiger partial charge in [-0.05, 0) is 37.6 Å². The maximum Gasteiger partial charge on any atom is 0.240 e. The topological polar surface area (TPSA) is 72.2 Å². The Labute approximate surface area is 104 Å². The van der Waals surface area contributed by atoms with Gasteiger partial charge < -0.3 is 5.73 Å². The quantitative estimate of drug-likeness (QED) is 0.782. The van der Waals surface area contributed by atoms with Crippen LogP contribution in [0, 0.1) is 0 Å². The van der Waals surface area contributed by atoms with Gasteiger partial charge in [0.2, 0.25) is 10.0 Å². The predicted molar refractivity (Wildman–Crippen MR) is 67.6 cm³/mol. The fraction of sp³-hybridized carbons (Fsp3) is 0.400. The molecular weight excluding hydrogens is 292 g/mol. The molecule has 0 aliphatic heterocycles. The van der Waals surface area contributed by atoms with Crippen LogP contribution in [-0.2, 0) is 10.0 Å². The van der Waals surface area contributed by atoms with Crippen molar-refractivity contribution in [2.45, 2.75) is 17.7 Å². The van der Waals surface area contributed by atoms with E-state index in [1.165, 1.54) is 0 Å². The Morgan fingerprint density at radius 2 is 2.06 bits per heavy atom. The van der Waals surface area contributed by atoms with Crippen molar-refractivity contribution in [3.63, 3.8) is 0 Å². The Balaban J connectivity index is 2.64. The lowest BCUT2D eigenvalue weighted by atomic mass is 10.3. The minimum Gasteiger partial charge on any atom is -0.330 e. The summed E-state index contributed by atoms with van der Waals surface area (Å²) >= 11 is 3.24. The van der Waals surface area contributed by atoms with E-state index in [1.54, 1.807) is 24.3 Å². The van der Waals surface area contributed by atoms with Crippen LogP contribution < -0.4 is 10.5 Å². The van der Waals surface area contributed by atoms with Crippen LogP contribution in [0.1, 0.15) is 12.8 Å². The molecule has 0 bridgehead atoms. The number of unbranched alkanes of at least 4 members (excludes halogenated alkanes) is 1. The van der Waals surface area contributed by atoms with Crippen molar-refractivity contribution in [2.75, 3.05) is 13.1 Å². The number of hydrogen-bond donors (Lipinski definition) is 2. The van der Waals surface area contributed by atoms with Crippen LogP contribution in [0.3, 0.4) is 0 Å². The molecule has 0 fully saturated rings. The molecular formula is C10H15BrN2O2S. The average molecular weight is 307 g/mol. The third kappa shape index (κ3) is 4.21. The fourth-order valence-electron chi connectivity index (χ4n) is 1.19. The molecule has 0 aliphatic rings. The summed E-state index contributed by atoms with van der Waals surface area (Å²) in [6.45, 7) is 1.00. The second-order valence-electron chi connectivity index (χ2n) is 3.35. The highest BCUT2D eigenvalue weighted by atomic mass is 79.9. The van der Waals surface area contributed by atoms with E-state index in [0.717, 1.165) is 17.3 Å². The van der Waals surface area contributed by atoms with Gasteiger partial charge in [0.1, 0.15) is 0 Å². The van der Waals surface area contributed by atoms with Crippen LogP contribution in [0.4, 0.5) is 0 Å². The smallest absolute Gasteiger partial charge is 0.240 e. The van der Waals surface area contributed by atoms with Gasteiger partial charge in [0, 0.05) is 11.0 Å². The van der Waals surface area contributed by atoms with Crippen LogP contribution in [-0.4, -0.2) is 21.5 Å². The van der Waals surface area contributed by atoms with Crippen molar-refractivity contribution in [3.05, 3.63) is 28.7 Å². The molecule has 6 heteroatoms. The highest BCUT2D eigenvalue weighted by molar-refractivity contribution is 9.10. The van der Waals surface area contributed by atoms with Crippen LogP contribution in [0.15, 0.2) is 33.6 Å². The van der Waals surface area contributed by atoms with Crippen molar-refractivity contribution < 1.29 is 8.42 Å². The molecule has 0 aromatic heterocycles. The molecule has 16 heavy (non-hydrogen) atoms. The van der Waals surface area contributed by atoms with E-state index in [2.05, 4.69) is 20.7 Å². The molecule has 0 atom stereocenters. The first-order valence-electron chi connectivity index (χ1n) is 5.01. The van der Waals surface area contributed by atoms with Crippen LogP contribution in [0.5, 0.6) is 0 Å². The minimum atomic E-state index is -3.38. The van der Waals surface area contributed by atoms with Gasteiger partial charge in [0.15, 0.2) is 0 Å². The van der Waals surface area contributed by atoms with Crippen molar-refractivity contribution >= 4 is 26.0 Å². The van der Waals surface area contributed by atoms with E-state index in [1.807, 2.05) is 0 Å². The first-order chi connectivity index (χ1) is 7.56. The molecule has 1 rings (SSSR count). The average Bonchev–Trinajstić information content (AvgIpc) is 2.24.